The molecule has 20 heavy (non-hydrogen) atoms. The number of rotatable bonds is 5. The lowest BCUT2D eigenvalue weighted by Gasteiger charge is -2.15. The molecule has 5 nitrogen and oxygen atoms in total. The number of benzene rings is 1. The maximum Gasteiger partial charge on any atom is 0.165 e. The summed E-state index contributed by atoms with van der Waals surface area (Å²) < 4.78 is 7.66. The van der Waals surface area contributed by atoms with Gasteiger partial charge in [-0.05, 0) is 39.3 Å². The number of hydrogen-bond donors (Lipinski definition) is 1. The third-order valence-corrected chi connectivity index (χ3v) is 3.11. The van der Waals surface area contributed by atoms with Crippen molar-refractivity contribution >= 4 is 0 Å². The van der Waals surface area contributed by atoms with Gasteiger partial charge in [0, 0.05) is 11.6 Å². The highest BCUT2D eigenvalue weighted by Gasteiger charge is 2.12. The van der Waals surface area contributed by atoms with Gasteiger partial charge in [0.05, 0.1) is 6.10 Å². The number of aliphatic hydroxyl groups is 1. The predicted octanol–water partition coefficient (Wildman–Crippen LogP) is 2.80. The minimum Gasteiger partial charge on any atom is -0.485 e. The Morgan fingerprint density at radius 3 is 2.70 bits per heavy atom. The first kappa shape index (κ1) is 14.5. The number of aliphatic hydroxyl groups excluding tert-OH is 1. The van der Waals surface area contributed by atoms with Crippen LogP contribution in [0.25, 0.3) is 0 Å². The Kier molecular flexibility index (Phi) is 4.39. The molecule has 1 aromatic heterocycles. The zero-order valence-electron chi connectivity index (χ0n) is 12.4. The standard InChI is InChI=1S/C15H21N3O2/c1-10(2)18-15(16-9-17-18)8-20-14-7-11(3)5-6-13(14)12(4)19/h5-7,9-10,12,19H,8H2,1-4H3. The molecule has 2 rings (SSSR count). The lowest BCUT2D eigenvalue weighted by molar-refractivity contribution is 0.188. The molecule has 108 valence electrons. The van der Waals surface area contributed by atoms with Crippen LogP contribution in [-0.4, -0.2) is 19.9 Å². The molecule has 0 spiro atoms. The van der Waals surface area contributed by atoms with Crippen molar-refractivity contribution in [2.75, 3.05) is 0 Å². The maximum atomic E-state index is 9.78. The number of hydrogen-bond acceptors (Lipinski definition) is 4. The quantitative estimate of drug-likeness (QED) is 0.911. The summed E-state index contributed by atoms with van der Waals surface area (Å²) in [4.78, 5) is 4.21. The molecule has 0 radical (unpaired) electrons. The molecule has 1 unspecified atom stereocenters. The number of nitrogens with zero attached hydrogens (tertiary/aromatic N) is 3. The van der Waals surface area contributed by atoms with Crippen LogP contribution >= 0.6 is 0 Å². The third-order valence-electron chi connectivity index (χ3n) is 3.11. The van der Waals surface area contributed by atoms with Gasteiger partial charge in [-0.15, -0.1) is 0 Å². The molecular weight excluding hydrogens is 254 g/mol. The molecule has 0 bridgehead atoms. The average Bonchev–Trinajstić information content (AvgIpc) is 2.84. The molecule has 1 aromatic carbocycles. The maximum absolute atomic E-state index is 9.78. The van der Waals surface area contributed by atoms with Gasteiger partial charge in [0.1, 0.15) is 18.7 Å². The zero-order valence-corrected chi connectivity index (χ0v) is 12.4. The van der Waals surface area contributed by atoms with Crippen molar-refractivity contribution in [3.8, 4) is 5.75 Å². The van der Waals surface area contributed by atoms with Gasteiger partial charge in [-0.25, -0.2) is 9.67 Å². The van der Waals surface area contributed by atoms with Crippen molar-refractivity contribution in [1.82, 2.24) is 14.8 Å². The fraction of sp³-hybridized carbons (Fsp3) is 0.467. The first-order chi connectivity index (χ1) is 9.49. The normalized spacial score (nSPS) is 12.7. The van der Waals surface area contributed by atoms with Crippen LogP contribution in [0.1, 0.15) is 49.9 Å². The fourth-order valence-electron chi connectivity index (χ4n) is 2.06. The van der Waals surface area contributed by atoms with Gasteiger partial charge in [0.2, 0.25) is 0 Å². The average molecular weight is 275 g/mol. The van der Waals surface area contributed by atoms with Gasteiger partial charge in [0.25, 0.3) is 0 Å². The van der Waals surface area contributed by atoms with Crippen LogP contribution in [0.4, 0.5) is 0 Å². The molecule has 2 aromatic rings. The highest BCUT2D eigenvalue weighted by Crippen LogP contribution is 2.27. The molecule has 0 aliphatic heterocycles. The Morgan fingerprint density at radius 2 is 2.05 bits per heavy atom. The molecular formula is C15H21N3O2. The van der Waals surface area contributed by atoms with E-state index in [0.29, 0.717) is 12.4 Å². The molecule has 1 atom stereocenters. The second-order valence-electron chi connectivity index (χ2n) is 5.22. The summed E-state index contributed by atoms with van der Waals surface area (Å²) >= 11 is 0. The molecule has 0 aliphatic rings. The van der Waals surface area contributed by atoms with Crippen LogP contribution in [-0.2, 0) is 6.61 Å². The second-order valence-corrected chi connectivity index (χ2v) is 5.22. The van der Waals surface area contributed by atoms with Crippen molar-refractivity contribution in [3.63, 3.8) is 0 Å². The zero-order chi connectivity index (χ0) is 14.7. The van der Waals surface area contributed by atoms with Crippen molar-refractivity contribution in [3.05, 3.63) is 41.5 Å². The molecule has 0 saturated heterocycles. The Bertz CT molecular complexity index is 576. The fourth-order valence-corrected chi connectivity index (χ4v) is 2.06. The molecule has 0 amide bonds. The van der Waals surface area contributed by atoms with E-state index in [1.54, 1.807) is 6.92 Å². The molecule has 0 aliphatic carbocycles. The molecule has 0 fully saturated rings. The van der Waals surface area contributed by atoms with E-state index in [-0.39, 0.29) is 6.04 Å². The highest BCUT2D eigenvalue weighted by molar-refractivity contribution is 5.38. The van der Waals surface area contributed by atoms with Crippen molar-refractivity contribution < 1.29 is 9.84 Å². The van der Waals surface area contributed by atoms with Crippen LogP contribution in [0.3, 0.4) is 0 Å². The second kappa shape index (κ2) is 6.05. The van der Waals surface area contributed by atoms with Gasteiger partial charge >= 0.3 is 0 Å². The predicted molar refractivity (Wildman–Crippen MR) is 76.6 cm³/mol. The van der Waals surface area contributed by atoms with Crippen molar-refractivity contribution in [1.29, 1.82) is 0 Å². The lowest BCUT2D eigenvalue weighted by atomic mass is 10.1. The topological polar surface area (TPSA) is 60.2 Å². The van der Waals surface area contributed by atoms with E-state index in [4.69, 9.17) is 4.74 Å². The van der Waals surface area contributed by atoms with Crippen LogP contribution < -0.4 is 4.74 Å². The molecule has 5 heteroatoms. The third kappa shape index (κ3) is 3.17. The van der Waals surface area contributed by atoms with Gasteiger partial charge in [0.15, 0.2) is 5.82 Å². The number of aryl methyl sites for hydroxylation is 1. The minimum atomic E-state index is -0.562. The van der Waals surface area contributed by atoms with Crippen LogP contribution in [0.2, 0.25) is 0 Å². The van der Waals surface area contributed by atoms with Gasteiger partial charge in [-0.1, -0.05) is 12.1 Å². The summed E-state index contributed by atoms with van der Waals surface area (Å²) in [5.41, 5.74) is 1.88. The van der Waals surface area contributed by atoms with E-state index in [0.717, 1.165) is 17.0 Å². The summed E-state index contributed by atoms with van der Waals surface area (Å²) in [6.45, 7) is 8.16. The summed E-state index contributed by atoms with van der Waals surface area (Å²) in [5.74, 6) is 1.47. The Hall–Kier alpha value is -1.88. The molecule has 1 N–H and O–H groups in total. The Balaban J connectivity index is 2.18. The monoisotopic (exact) mass is 275 g/mol. The first-order valence-electron chi connectivity index (χ1n) is 6.79. The lowest BCUT2D eigenvalue weighted by Crippen LogP contribution is -2.11. The van der Waals surface area contributed by atoms with Crippen LogP contribution in [0.5, 0.6) is 5.75 Å². The summed E-state index contributed by atoms with van der Waals surface area (Å²) in [6.07, 6.45) is 0.971. The number of aromatic nitrogens is 3. The summed E-state index contributed by atoms with van der Waals surface area (Å²) in [6, 6.07) is 6.02. The van der Waals surface area contributed by atoms with Crippen LogP contribution in [0.15, 0.2) is 24.5 Å². The largest absolute Gasteiger partial charge is 0.485 e. The van der Waals surface area contributed by atoms with E-state index in [1.165, 1.54) is 6.33 Å². The SMILES string of the molecule is Cc1ccc(C(C)O)c(OCc2ncnn2C(C)C)c1. The first-order valence-corrected chi connectivity index (χ1v) is 6.79. The van der Waals surface area contributed by atoms with Gasteiger partial charge < -0.3 is 9.84 Å². The highest BCUT2D eigenvalue weighted by atomic mass is 16.5. The van der Waals surface area contributed by atoms with E-state index in [1.807, 2.05) is 43.7 Å². The minimum absolute atomic E-state index is 0.241. The van der Waals surface area contributed by atoms with E-state index < -0.39 is 6.10 Å². The van der Waals surface area contributed by atoms with E-state index in [9.17, 15) is 5.11 Å². The number of ether oxygens (including phenoxy) is 1. The Labute approximate surface area is 119 Å². The Morgan fingerprint density at radius 1 is 1.30 bits per heavy atom. The summed E-state index contributed by atoms with van der Waals surface area (Å²) in [7, 11) is 0. The molecule has 0 saturated carbocycles. The van der Waals surface area contributed by atoms with Crippen molar-refractivity contribution in [2.45, 2.75) is 46.4 Å². The summed E-state index contributed by atoms with van der Waals surface area (Å²) in [5, 5.41) is 14.0. The van der Waals surface area contributed by atoms with E-state index >= 15 is 0 Å². The van der Waals surface area contributed by atoms with E-state index in [2.05, 4.69) is 10.1 Å². The smallest absolute Gasteiger partial charge is 0.165 e. The van der Waals surface area contributed by atoms with Gasteiger partial charge in [-0.2, -0.15) is 5.10 Å². The van der Waals surface area contributed by atoms with Crippen LogP contribution in [0, 0.1) is 6.92 Å². The van der Waals surface area contributed by atoms with Crippen molar-refractivity contribution in [2.24, 2.45) is 0 Å². The molecule has 1 heterocycles. The van der Waals surface area contributed by atoms with Gasteiger partial charge in [-0.3, -0.25) is 0 Å².